The van der Waals surface area contributed by atoms with Crippen molar-refractivity contribution in [2.24, 2.45) is 0 Å². The van der Waals surface area contributed by atoms with E-state index in [1.54, 1.807) is 22.4 Å². The minimum atomic E-state index is -0.0237. The Labute approximate surface area is 169 Å². The van der Waals surface area contributed by atoms with Gasteiger partial charge in [-0.25, -0.2) is 4.98 Å². The second kappa shape index (κ2) is 9.40. The predicted octanol–water partition coefficient (Wildman–Crippen LogP) is 4.60. The molecular weight excluding hydrogens is 406 g/mol. The standard InChI is InChI=1S/C17H17N3O2S4/c21-14(19-16-18-7-10-25-16)6-2-1-3-8-20-15(22)13(26-17(20)23)11-12-5-4-9-24-12/h4-5,7,9-11H,1-3,6,8H2,(H,18,19,21). The summed E-state index contributed by atoms with van der Waals surface area (Å²) in [5.74, 6) is -0.0423. The Kier molecular flexibility index (Phi) is 6.95. The van der Waals surface area contributed by atoms with E-state index in [1.807, 2.05) is 29.0 Å². The molecule has 2 aromatic heterocycles. The summed E-state index contributed by atoms with van der Waals surface area (Å²) in [4.78, 5) is 31.7. The Morgan fingerprint density at radius 1 is 1.27 bits per heavy atom. The normalized spacial score (nSPS) is 15.8. The number of unbranched alkanes of at least 4 members (excludes halogenated alkanes) is 2. The van der Waals surface area contributed by atoms with E-state index in [-0.39, 0.29) is 11.8 Å². The van der Waals surface area contributed by atoms with Crippen LogP contribution in [0.3, 0.4) is 0 Å². The molecule has 1 saturated heterocycles. The van der Waals surface area contributed by atoms with Crippen LogP contribution in [0, 0.1) is 0 Å². The summed E-state index contributed by atoms with van der Waals surface area (Å²) in [5.41, 5.74) is 0. The van der Waals surface area contributed by atoms with Crippen molar-refractivity contribution in [3.05, 3.63) is 38.9 Å². The average Bonchev–Trinajstić information content (AvgIpc) is 3.34. The lowest BCUT2D eigenvalue weighted by Gasteiger charge is -2.13. The molecule has 0 bridgehead atoms. The molecule has 3 rings (SSSR count). The van der Waals surface area contributed by atoms with Crippen molar-refractivity contribution < 1.29 is 9.59 Å². The molecule has 2 amide bonds. The number of hydrogen-bond donors (Lipinski definition) is 1. The van der Waals surface area contributed by atoms with E-state index in [4.69, 9.17) is 12.2 Å². The summed E-state index contributed by atoms with van der Waals surface area (Å²) in [5, 5.41) is 7.21. The van der Waals surface area contributed by atoms with Crippen LogP contribution in [0.5, 0.6) is 0 Å². The van der Waals surface area contributed by atoms with Crippen molar-refractivity contribution in [2.75, 3.05) is 11.9 Å². The van der Waals surface area contributed by atoms with Crippen molar-refractivity contribution >= 4 is 74.0 Å². The summed E-state index contributed by atoms with van der Waals surface area (Å²) in [6.07, 6.45) is 6.48. The number of thiophene rings is 1. The molecule has 0 atom stereocenters. The number of carbonyl (C=O) groups is 2. The molecule has 1 fully saturated rings. The summed E-state index contributed by atoms with van der Waals surface area (Å²) in [6.45, 7) is 0.598. The highest BCUT2D eigenvalue weighted by atomic mass is 32.2. The van der Waals surface area contributed by atoms with E-state index in [0.29, 0.717) is 27.3 Å². The van der Waals surface area contributed by atoms with Gasteiger partial charge in [-0.2, -0.15) is 0 Å². The van der Waals surface area contributed by atoms with Gasteiger partial charge in [0.05, 0.1) is 4.91 Å². The molecule has 1 aliphatic heterocycles. The van der Waals surface area contributed by atoms with Crippen LogP contribution in [0.25, 0.3) is 6.08 Å². The van der Waals surface area contributed by atoms with Crippen LogP contribution in [0.1, 0.15) is 30.6 Å². The predicted molar refractivity (Wildman–Crippen MR) is 113 cm³/mol. The zero-order chi connectivity index (χ0) is 18.4. The highest BCUT2D eigenvalue weighted by Gasteiger charge is 2.31. The highest BCUT2D eigenvalue weighted by Crippen LogP contribution is 2.33. The Hall–Kier alpha value is -1.55. The fourth-order valence-electron chi connectivity index (χ4n) is 2.39. The molecular formula is C17H17N3O2S4. The van der Waals surface area contributed by atoms with Crippen LogP contribution in [0.2, 0.25) is 0 Å². The van der Waals surface area contributed by atoms with Gasteiger partial charge in [-0.3, -0.25) is 14.5 Å². The van der Waals surface area contributed by atoms with E-state index >= 15 is 0 Å². The fraction of sp³-hybridized carbons (Fsp3) is 0.294. The largest absolute Gasteiger partial charge is 0.302 e. The van der Waals surface area contributed by atoms with Gasteiger partial charge in [0, 0.05) is 29.4 Å². The molecule has 5 nitrogen and oxygen atoms in total. The molecule has 0 spiro atoms. The molecule has 9 heteroatoms. The van der Waals surface area contributed by atoms with Gasteiger partial charge >= 0.3 is 0 Å². The number of carbonyl (C=O) groups excluding carboxylic acids is 2. The molecule has 136 valence electrons. The van der Waals surface area contributed by atoms with E-state index < -0.39 is 0 Å². The van der Waals surface area contributed by atoms with Crippen LogP contribution >= 0.6 is 46.7 Å². The molecule has 0 aliphatic carbocycles. The Balaban J connectivity index is 1.38. The number of thiocarbonyl (C=S) groups is 1. The topological polar surface area (TPSA) is 62.3 Å². The SMILES string of the molecule is O=C(CCCCCN1C(=O)C(=Cc2cccs2)SC1=S)Nc1nccs1. The van der Waals surface area contributed by atoms with Crippen molar-refractivity contribution in [1.82, 2.24) is 9.88 Å². The van der Waals surface area contributed by atoms with Crippen molar-refractivity contribution in [2.45, 2.75) is 25.7 Å². The van der Waals surface area contributed by atoms with Gasteiger partial charge in [-0.15, -0.1) is 22.7 Å². The van der Waals surface area contributed by atoms with E-state index in [9.17, 15) is 9.59 Å². The third-order valence-corrected chi connectivity index (χ3v) is 6.54. The molecule has 2 aromatic rings. The molecule has 0 unspecified atom stereocenters. The van der Waals surface area contributed by atoms with Crippen molar-refractivity contribution in [3.8, 4) is 0 Å². The maximum Gasteiger partial charge on any atom is 0.266 e. The van der Waals surface area contributed by atoms with E-state index in [0.717, 1.165) is 24.1 Å². The first kappa shape index (κ1) is 19.2. The maximum atomic E-state index is 12.5. The van der Waals surface area contributed by atoms with Crippen LogP contribution < -0.4 is 5.32 Å². The summed E-state index contributed by atoms with van der Waals surface area (Å²) in [6, 6.07) is 3.94. The Morgan fingerprint density at radius 2 is 2.15 bits per heavy atom. The number of aromatic nitrogens is 1. The zero-order valence-corrected chi connectivity index (χ0v) is 17.1. The van der Waals surface area contributed by atoms with Gasteiger partial charge in [-0.05, 0) is 30.4 Å². The first-order valence-electron chi connectivity index (χ1n) is 8.12. The third kappa shape index (κ3) is 5.23. The summed E-state index contributed by atoms with van der Waals surface area (Å²) < 4.78 is 0.610. The van der Waals surface area contributed by atoms with Crippen LogP contribution in [-0.4, -0.2) is 32.6 Å². The molecule has 1 N–H and O–H groups in total. The van der Waals surface area contributed by atoms with Gasteiger partial charge in [0.2, 0.25) is 5.91 Å². The first-order chi connectivity index (χ1) is 12.6. The average molecular weight is 424 g/mol. The molecule has 1 aliphatic rings. The van der Waals surface area contributed by atoms with Gasteiger partial charge in [0.15, 0.2) is 5.13 Å². The third-order valence-electron chi connectivity index (χ3n) is 3.65. The number of rotatable bonds is 8. The number of thiazole rings is 1. The monoisotopic (exact) mass is 423 g/mol. The van der Waals surface area contributed by atoms with E-state index in [2.05, 4.69) is 10.3 Å². The number of hydrogen-bond acceptors (Lipinski definition) is 7. The summed E-state index contributed by atoms with van der Waals surface area (Å²) >= 11 is 9.69. The minimum Gasteiger partial charge on any atom is -0.302 e. The molecule has 26 heavy (non-hydrogen) atoms. The highest BCUT2D eigenvalue weighted by molar-refractivity contribution is 8.26. The van der Waals surface area contributed by atoms with Gasteiger partial charge in [0.25, 0.3) is 5.91 Å². The molecule has 0 saturated carbocycles. The number of amides is 2. The molecule has 0 radical (unpaired) electrons. The first-order valence-corrected chi connectivity index (χ1v) is 11.1. The Morgan fingerprint density at radius 3 is 2.88 bits per heavy atom. The second-order valence-electron chi connectivity index (χ2n) is 5.54. The van der Waals surface area contributed by atoms with Crippen LogP contribution in [-0.2, 0) is 9.59 Å². The van der Waals surface area contributed by atoms with Crippen molar-refractivity contribution in [3.63, 3.8) is 0 Å². The van der Waals surface area contributed by atoms with Crippen LogP contribution in [0.4, 0.5) is 5.13 Å². The lowest BCUT2D eigenvalue weighted by molar-refractivity contribution is -0.122. The molecule has 3 heterocycles. The number of nitrogens with zero attached hydrogens (tertiary/aromatic N) is 2. The number of thioether (sulfide) groups is 1. The van der Waals surface area contributed by atoms with Crippen molar-refractivity contribution in [1.29, 1.82) is 0 Å². The van der Waals surface area contributed by atoms with E-state index in [1.165, 1.54) is 23.1 Å². The van der Waals surface area contributed by atoms with Gasteiger partial charge in [-0.1, -0.05) is 36.5 Å². The second-order valence-corrected chi connectivity index (χ2v) is 9.09. The number of anilines is 1. The molecule has 0 aromatic carbocycles. The minimum absolute atomic E-state index is 0.0186. The van der Waals surface area contributed by atoms with Gasteiger partial charge < -0.3 is 5.32 Å². The maximum absolute atomic E-state index is 12.5. The Bertz CT molecular complexity index is 800. The lowest BCUT2D eigenvalue weighted by atomic mass is 10.2. The quantitative estimate of drug-likeness (QED) is 0.382. The lowest BCUT2D eigenvalue weighted by Crippen LogP contribution is -2.29. The smallest absolute Gasteiger partial charge is 0.266 e. The summed E-state index contributed by atoms with van der Waals surface area (Å²) in [7, 11) is 0. The fourth-order valence-corrected chi connectivity index (χ4v) is 4.97. The van der Waals surface area contributed by atoms with Crippen LogP contribution in [0.15, 0.2) is 34.0 Å². The van der Waals surface area contributed by atoms with Gasteiger partial charge in [0.1, 0.15) is 4.32 Å². The number of nitrogens with one attached hydrogen (secondary N) is 1. The zero-order valence-electron chi connectivity index (χ0n) is 13.8.